The van der Waals surface area contributed by atoms with Crippen LogP contribution in [0.2, 0.25) is 0 Å². The van der Waals surface area contributed by atoms with Crippen molar-refractivity contribution in [2.45, 2.75) is 20.4 Å². The van der Waals surface area contributed by atoms with Crippen molar-refractivity contribution in [1.82, 2.24) is 9.88 Å². The quantitative estimate of drug-likeness (QED) is 0.528. The van der Waals surface area contributed by atoms with Crippen molar-refractivity contribution in [2.24, 2.45) is 0 Å². The van der Waals surface area contributed by atoms with Crippen molar-refractivity contribution >= 4 is 11.7 Å². The number of aromatic nitrogens is 1. The topological polar surface area (TPSA) is 59.5 Å². The van der Waals surface area contributed by atoms with Crippen molar-refractivity contribution in [3.05, 3.63) is 82.2 Å². The molecule has 0 saturated carbocycles. The summed E-state index contributed by atoms with van der Waals surface area (Å²) in [6.07, 6.45) is 1.75. The molecule has 0 radical (unpaired) electrons. The van der Waals surface area contributed by atoms with E-state index in [1.165, 1.54) is 0 Å². The van der Waals surface area contributed by atoms with Gasteiger partial charge in [0.05, 0.1) is 19.3 Å². The second-order valence-electron chi connectivity index (χ2n) is 7.34. The van der Waals surface area contributed by atoms with Crippen LogP contribution in [0, 0.1) is 13.8 Å². The number of carbonyl (C=O) groups is 2. The third-order valence-corrected chi connectivity index (χ3v) is 5.46. The second-order valence-corrected chi connectivity index (χ2v) is 7.34. The molecule has 5 nitrogen and oxygen atoms in total. The molecule has 4 rings (SSSR count). The Hall–Kier alpha value is -3.47. The van der Waals surface area contributed by atoms with Gasteiger partial charge in [-0.2, -0.15) is 0 Å². The summed E-state index contributed by atoms with van der Waals surface area (Å²) >= 11 is 0. The monoisotopic (exact) mass is 386 g/mol. The number of pyridine rings is 1. The molecule has 1 aliphatic carbocycles. The minimum Gasteiger partial charge on any atom is -0.496 e. The van der Waals surface area contributed by atoms with Crippen LogP contribution in [0.5, 0.6) is 5.75 Å². The lowest BCUT2D eigenvalue weighted by molar-refractivity contribution is 0.0783. The Morgan fingerprint density at radius 3 is 2.45 bits per heavy atom. The molecule has 0 fully saturated rings. The van der Waals surface area contributed by atoms with Crippen LogP contribution in [0.1, 0.15) is 43.1 Å². The number of ether oxygens (including phenoxy) is 1. The lowest BCUT2D eigenvalue weighted by Gasteiger charge is -2.20. The van der Waals surface area contributed by atoms with Crippen LogP contribution in [-0.4, -0.2) is 35.7 Å². The summed E-state index contributed by atoms with van der Waals surface area (Å²) in [6, 6.07) is 12.9. The van der Waals surface area contributed by atoms with Gasteiger partial charge in [-0.05, 0) is 37.1 Å². The predicted molar refractivity (Wildman–Crippen MR) is 111 cm³/mol. The zero-order chi connectivity index (χ0) is 20.7. The first-order valence-electron chi connectivity index (χ1n) is 9.45. The Morgan fingerprint density at radius 2 is 1.72 bits per heavy atom. The van der Waals surface area contributed by atoms with Crippen molar-refractivity contribution in [1.29, 1.82) is 0 Å². The molecule has 0 aliphatic heterocycles. The lowest BCUT2D eigenvalue weighted by Crippen LogP contribution is -2.27. The highest BCUT2D eigenvalue weighted by atomic mass is 16.5. The number of hydrogen-bond acceptors (Lipinski definition) is 4. The molecule has 5 heteroatoms. The van der Waals surface area contributed by atoms with E-state index in [9.17, 15) is 9.59 Å². The van der Waals surface area contributed by atoms with Gasteiger partial charge in [-0.3, -0.25) is 14.6 Å². The molecule has 1 amide bonds. The number of benzene rings is 2. The van der Waals surface area contributed by atoms with Gasteiger partial charge in [-0.25, -0.2) is 0 Å². The van der Waals surface area contributed by atoms with Gasteiger partial charge in [0.1, 0.15) is 5.75 Å². The summed E-state index contributed by atoms with van der Waals surface area (Å²) in [4.78, 5) is 31.8. The van der Waals surface area contributed by atoms with Gasteiger partial charge in [-0.15, -0.1) is 0 Å². The largest absolute Gasteiger partial charge is 0.496 e. The second kappa shape index (κ2) is 7.17. The number of aryl methyl sites for hydroxylation is 1. The standard InChI is InChI=1S/C24H22N2O3/c1-14-12-25-21(15(2)23(14)29-4)13-26(3)24(28)16-9-10-18-17-7-5-6-8-19(17)22(27)20(18)11-16/h5-12H,13H2,1-4H3. The smallest absolute Gasteiger partial charge is 0.253 e. The third kappa shape index (κ3) is 3.09. The predicted octanol–water partition coefficient (Wildman–Crippen LogP) is 4.19. The van der Waals surface area contributed by atoms with Crippen LogP contribution in [-0.2, 0) is 6.54 Å². The average molecular weight is 386 g/mol. The zero-order valence-electron chi connectivity index (χ0n) is 16.9. The normalized spacial score (nSPS) is 11.8. The summed E-state index contributed by atoms with van der Waals surface area (Å²) in [5.41, 5.74) is 6.23. The fourth-order valence-corrected chi connectivity index (χ4v) is 3.91. The number of methoxy groups -OCH3 is 1. The average Bonchev–Trinajstić information content (AvgIpc) is 3.02. The van der Waals surface area contributed by atoms with E-state index in [2.05, 4.69) is 4.98 Å². The Morgan fingerprint density at radius 1 is 1.03 bits per heavy atom. The fraction of sp³-hybridized carbons (Fsp3) is 0.208. The maximum Gasteiger partial charge on any atom is 0.253 e. The van der Waals surface area contributed by atoms with E-state index >= 15 is 0 Å². The maximum absolute atomic E-state index is 13.0. The molecule has 3 aromatic rings. The highest BCUT2D eigenvalue weighted by Gasteiger charge is 2.27. The Kier molecular flexibility index (Phi) is 4.66. The number of nitrogens with zero attached hydrogens (tertiary/aromatic N) is 2. The number of amides is 1. The molecule has 1 heterocycles. The van der Waals surface area contributed by atoms with Crippen molar-refractivity contribution in [3.63, 3.8) is 0 Å². The first-order chi connectivity index (χ1) is 13.9. The van der Waals surface area contributed by atoms with E-state index in [1.54, 1.807) is 37.4 Å². The minimum atomic E-state index is -0.155. The van der Waals surface area contributed by atoms with Crippen LogP contribution in [0.25, 0.3) is 11.1 Å². The van der Waals surface area contributed by atoms with Gasteiger partial charge >= 0.3 is 0 Å². The van der Waals surface area contributed by atoms with Crippen LogP contribution in [0.4, 0.5) is 0 Å². The molecule has 0 saturated heterocycles. The summed E-state index contributed by atoms with van der Waals surface area (Å²) in [6.45, 7) is 4.24. The van der Waals surface area contributed by atoms with Gasteiger partial charge in [-0.1, -0.05) is 30.3 Å². The molecule has 0 spiro atoms. The Balaban J connectivity index is 1.61. The molecular formula is C24H22N2O3. The van der Waals surface area contributed by atoms with E-state index in [1.807, 2.05) is 44.2 Å². The summed E-state index contributed by atoms with van der Waals surface area (Å²) in [7, 11) is 3.37. The highest BCUT2D eigenvalue weighted by molar-refractivity contribution is 6.22. The molecule has 1 aromatic heterocycles. The van der Waals surface area contributed by atoms with Crippen molar-refractivity contribution in [2.75, 3.05) is 14.2 Å². The number of carbonyl (C=O) groups excluding carboxylic acids is 2. The van der Waals surface area contributed by atoms with Crippen LogP contribution < -0.4 is 4.74 Å². The Bertz CT molecular complexity index is 1150. The molecule has 2 aromatic carbocycles. The summed E-state index contributed by atoms with van der Waals surface area (Å²) in [5.74, 6) is 0.600. The molecule has 146 valence electrons. The number of rotatable bonds is 4. The lowest BCUT2D eigenvalue weighted by atomic mass is 10.0. The van der Waals surface area contributed by atoms with Crippen molar-refractivity contribution < 1.29 is 14.3 Å². The van der Waals surface area contributed by atoms with E-state index in [0.29, 0.717) is 23.2 Å². The maximum atomic E-state index is 13.0. The van der Waals surface area contributed by atoms with Gasteiger partial charge < -0.3 is 9.64 Å². The number of fused-ring (bicyclic) bond motifs is 3. The van der Waals surface area contributed by atoms with Crippen LogP contribution >= 0.6 is 0 Å². The van der Waals surface area contributed by atoms with Crippen molar-refractivity contribution in [3.8, 4) is 16.9 Å². The summed E-state index contributed by atoms with van der Waals surface area (Å²) in [5, 5.41) is 0. The third-order valence-electron chi connectivity index (χ3n) is 5.46. The molecule has 1 aliphatic rings. The number of hydrogen-bond donors (Lipinski definition) is 0. The van der Waals surface area contributed by atoms with E-state index in [-0.39, 0.29) is 11.7 Å². The van der Waals surface area contributed by atoms with Gasteiger partial charge in [0.25, 0.3) is 5.91 Å². The highest BCUT2D eigenvalue weighted by Crippen LogP contribution is 2.37. The summed E-state index contributed by atoms with van der Waals surface area (Å²) < 4.78 is 5.46. The first kappa shape index (κ1) is 18.9. The Labute approximate surface area is 170 Å². The molecular weight excluding hydrogens is 364 g/mol. The molecule has 0 bridgehead atoms. The van der Waals surface area contributed by atoms with Gasteiger partial charge in [0, 0.05) is 41.1 Å². The SMILES string of the molecule is COc1c(C)cnc(CN(C)C(=O)c2ccc3c(c2)C(=O)c2ccccc2-3)c1C. The first-order valence-corrected chi connectivity index (χ1v) is 9.45. The molecule has 29 heavy (non-hydrogen) atoms. The van der Waals surface area contributed by atoms with Gasteiger partial charge in [0.15, 0.2) is 5.78 Å². The molecule has 0 atom stereocenters. The van der Waals surface area contributed by atoms with E-state index in [4.69, 9.17) is 4.74 Å². The number of ketones is 1. The molecule has 0 N–H and O–H groups in total. The van der Waals surface area contributed by atoms with Gasteiger partial charge in [0.2, 0.25) is 0 Å². The fourth-order valence-electron chi connectivity index (χ4n) is 3.91. The zero-order valence-corrected chi connectivity index (χ0v) is 16.9. The minimum absolute atomic E-state index is 0.0336. The van der Waals surface area contributed by atoms with E-state index < -0.39 is 0 Å². The van der Waals surface area contributed by atoms with Crippen LogP contribution in [0.15, 0.2) is 48.7 Å². The van der Waals surface area contributed by atoms with E-state index in [0.717, 1.165) is 33.7 Å². The van der Waals surface area contributed by atoms with Crippen LogP contribution in [0.3, 0.4) is 0 Å². The molecule has 0 unspecified atom stereocenters.